The summed E-state index contributed by atoms with van der Waals surface area (Å²) in [6.45, 7) is 2.22. The average Bonchev–Trinajstić information content (AvgIpc) is 2.83. The fourth-order valence-electron chi connectivity index (χ4n) is 2.08. The fourth-order valence-corrected chi connectivity index (χ4v) is 2.08. The van der Waals surface area contributed by atoms with E-state index in [0.717, 1.165) is 11.7 Å². The number of hydrogen-bond donors (Lipinski definition) is 1. The van der Waals surface area contributed by atoms with E-state index in [1.165, 1.54) is 19.3 Å². The van der Waals surface area contributed by atoms with Gasteiger partial charge in [0.2, 0.25) is 0 Å². The molecule has 0 aromatic carbocycles. The summed E-state index contributed by atoms with van der Waals surface area (Å²) in [5, 5.41) is 14.9. The van der Waals surface area contributed by atoms with Gasteiger partial charge in [0, 0.05) is 6.04 Å². The Morgan fingerprint density at radius 2 is 2.44 bits per heavy atom. The van der Waals surface area contributed by atoms with E-state index in [1.54, 1.807) is 16.9 Å². The standard InChI is InChI=1S/C10H14N6/c1-2-3-7-4-8(7)12-9-5-11-6-10-13-14-15-16(9)10/h5-8,12H,2-4H2,1H3. The first kappa shape index (κ1) is 9.50. The average molecular weight is 218 g/mol. The Morgan fingerprint density at radius 1 is 1.50 bits per heavy atom. The van der Waals surface area contributed by atoms with Crippen LogP contribution in [-0.2, 0) is 0 Å². The highest BCUT2D eigenvalue weighted by Gasteiger charge is 2.36. The number of rotatable bonds is 4. The molecule has 6 heteroatoms. The van der Waals surface area contributed by atoms with Gasteiger partial charge in [0.05, 0.1) is 12.4 Å². The summed E-state index contributed by atoms with van der Waals surface area (Å²) in [4.78, 5) is 4.11. The van der Waals surface area contributed by atoms with Crippen LogP contribution in [0.5, 0.6) is 0 Å². The molecule has 84 valence electrons. The normalized spacial score (nSPS) is 23.6. The zero-order valence-corrected chi connectivity index (χ0v) is 9.17. The number of nitrogens with zero attached hydrogens (tertiary/aromatic N) is 5. The molecule has 0 saturated heterocycles. The molecule has 2 heterocycles. The topological polar surface area (TPSA) is 68.0 Å². The van der Waals surface area contributed by atoms with Gasteiger partial charge in [-0.25, -0.2) is 0 Å². The molecule has 2 aromatic heterocycles. The van der Waals surface area contributed by atoms with Gasteiger partial charge >= 0.3 is 0 Å². The molecule has 0 aliphatic heterocycles. The molecular formula is C10H14N6. The van der Waals surface area contributed by atoms with Gasteiger partial charge in [-0.1, -0.05) is 13.3 Å². The van der Waals surface area contributed by atoms with Gasteiger partial charge in [0.25, 0.3) is 0 Å². The number of tetrazole rings is 1. The summed E-state index contributed by atoms with van der Waals surface area (Å²) in [6.07, 6.45) is 7.20. The third kappa shape index (κ3) is 1.60. The molecule has 0 radical (unpaired) electrons. The van der Waals surface area contributed by atoms with Crippen molar-refractivity contribution in [3.63, 3.8) is 0 Å². The molecule has 0 spiro atoms. The molecule has 1 N–H and O–H groups in total. The summed E-state index contributed by atoms with van der Waals surface area (Å²) >= 11 is 0. The van der Waals surface area contributed by atoms with Gasteiger partial charge in [-0.3, -0.25) is 4.98 Å². The Kier molecular flexibility index (Phi) is 2.19. The van der Waals surface area contributed by atoms with Crippen LogP contribution in [0.3, 0.4) is 0 Å². The van der Waals surface area contributed by atoms with Crippen molar-refractivity contribution >= 4 is 11.5 Å². The minimum absolute atomic E-state index is 0.566. The van der Waals surface area contributed by atoms with Crippen LogP contribution >= 0.6 is 0 Å². The van der Waals surface area contributed by atoms with Crippen molar-refractivity contribution in [2.75, 3.05) is 5.32 Å². The minimum Gasteiger partial charge on any atom is -0.366 e. The van der Waals surface area contributed by atoms with E-state index in [0.29, 0.717) is 11.7 Å². The van der Waals surface area contributed by atoms with Crippen molar-refractivity contribution in [3.05, 3.63) is 12.4 Å². The van der Waals surface area contributed by atoms with Crippen LogP contribution in [0.1, 0.15) is 26.2 Å². The van der Waals surface area contributed by atoms with Crippen molar-refractivity contribution in [2.24, 2.45) is 5.92 Å². The quantitative estimate of drug-likeness (QED) is 0.832. The van der Waals surface area contributed by atoms with Crippen LogP contribution in [0.2, 0.25) is 0 Å². The molecule has 16 heavy (non-hydrogen) atoms. The lowest BCUT2D eigenvalue weighted by molar-refractivity contribution is 0.690. The molecule has 1 saturated carbocycles. The van der Waals surface area contributed by atoms with Gasteiger partial charge in [0.1, 0.15) is 0 Å². The van der Waals surface area contributed by atoms with E-state index in [1.807, 2.05) is 0 Å². The first-order chi connectivity index (χ1) is 7.88. The summed E-state index contributed by atoms with van der Waals surface area (Å²) in [6, 6.07) is 0.566. The lowest BCUT2D eigenvalue weighted by Gasteiger charge is -2.05. The Hall–Kier alpha value is -1.72. The maximum Gasteiger partial charge on any atom is 0.199 e. The van der Waals surface area contributed by atoms with E-state index >= 15 is 0 Å². The number of aromatic nitrogens is 5. The Bertz CT molecular complexity index is 493. The number of fused-ring (bicyclic) bond motifs is 1. The van der Waals surface area contributed by atoms with E-state index in [9.17, 15) is 0 Å². The Morgan fingerprint density at radius 3 is 3.31 bits per heavy atom. The Labute approximate surface area is 93.1 Å². The minimum atomic E-state index is 0.566. The molecule has 1 aliphatic rings. The van der Waals surface area contributed by atoms with Crippen LogP contribution in [0, 0.1) is 5.92 Å². The van der Waals surface area contributed by atoms with Gasteiger partial charge in [0.15, 0.2) is 11.5 Å². The number of hydrogen-bond acceptors (Lipinski definition) is 5. The highest BCUT2D eigenvalue weighted by molar-refractivity contribution is 5.45. The summed E-state index contributed by atoms with van der Waals surface area (Å²) in [7, 11) is 0. The number of anilines is 1. The molecule has 1 aliphatic carbocycles. The lowest BCUT2D eigenvalue weighted by atomic mass is 10.2. The van der Waals surface area contributed by atoms with Gasteiger partial charge in [-0.15, -0.1) is 5.10 Å². The molecular weight excluding hydrogens is 204 g/mol. The second kappa shape index (κ2) is 3.70. The summed E-state index contributed by atoms with van der Waals surface area (Å²) in [5.41, 5.74) is 0.678. The van der Waals surface area contributed by atoms with Crippen molar-refractivity contribution in [3.8, 4) is 0 Å². The van der Waals surface area contributed by atoms with E-state index in [4.69, 9.17) is 0 Å². The molecule has 2 unspecified atom stereocenters. The first-order valence-electron chi connectivity index (χ1n) is 5.67. The Balaban J connectivity index is 1.77. The first-order valence-corrected chi connectivity index (χ1v) is 5.67. The molecule has 0 bridgehead atoms. The maximum atomic E-state index is 4.11. The second-order valence-electron chi connectivity index (χ2n) is 4.28. The summed E-state index contributed by atoms with van der Waals surface area (Å²) < 4.78 is 1.69. The molecule has 1 fully saturated rings. The smallest absolute Gasteiger partial charge is 0.199 e. The number of nitrogens with one attached hydrogen (secondary N) is 1. The van der Waals surface area contributed by atoms with Crippen molar-refractivity contribution in [1.29, 1.82) is 0 Å². The lowest BCUT2D eigenvalue weighted by Crippen LogP contribution is -2.09. The molecule has 0 amide bonds. The largest absolute Gasteiger partial charge is 0.366 e. The highest BCUT2D eigenvalue weighted by atomic mass is 15.5. The van der Waals surface area contributed by atoms with E-state index in [-0.39, 0.29) is 0 Å². The molecule has 2 atom stereocenters. The summed E-state index contributed by atoms with van der Waals surface area (Å²) in [5.74, 6) is 1.68. The van der Waals surface area contributed by atoms with Crippen LogP contribution in [0.15, 0.2) is 12.4 Å². The van der Waals surface area contributed by atoms with Crippen molar-refractivity contribution in [2.45, 2.75) is 32.2 Å². The molecule has 2 aromatic rings. The van der Waals surface area contributed by atoms with Gasteiger partial charge in [-0.2, -0.15) is 4.52 Å². The molecule has 3 rings (SSSR count). The predicted molar refractivity (Wildman–Crippen MR) is 59.0 cm³/mol. The van der Waals surface area contributed by atoms with E-state index in [2.05, 4.69) is 32.7 Å². The zero-order chi connectivity index (χ0) is 11.0. The monoisotopic (exact) mass is 218 g/mol. The molecule has 6 nitrogen and oxygen atoms in total. The van der Waals surface area contributed by atoms with Crippen LogP contribution in [0.25, 0.3) is 5.65 Å². The van der Waals surface area contributed by atoms with Crippen LogP contribution in [0.4, 0.5) is 5.82 Å². The van der Waals surface area contributed by atoms with Crippen molar-refractivity contribution < 1.29 is 0 Å². The maximum absolute atomic E-state index is 4.11. The third-order valence-electron chi connectivity index (χ3n) is 3.02. The third-order valence-corrected chi connectivity index (χ3v) is 3.02. The SMILES string of the molecule is CCCC1CC1Nc1cncc2nnnn12. The predicted octanol–water partition coefficient (Wildman–Crippen LogP) is 1.12. The van der Waals surface area contributed by atoms with Crippen molar-refractivity contribution in [1.82, 2.24) is 25.0 Å². The van der Waals surface area contributed by atoms with E-state index < -0.39 is 0 Å². The van der Waals surface area contributed by atoms with Gasteiger partial charge in [-0.05, 0) is 29.2 Å². The van der Waals surface area contributed by atoms with Crippen LogP contribution in [-0.4, -0.2) is 31.1 Å². The highest BCUT2D eigenvalue weighted by Crippen LogP contribution is 2.36. The van der Waals surface area contributed by atoms with Gasteiger partial charge < -0.3 is 5.32 Å². The van der Waals surface area contributed by atoms with Crippen LogP contribution < -0.4 is 5.32 Å². The second-order valence-corrected chi connectivity index (χ2v) is 4.28. The zero-order valence-electron chi connectivity index (χ0n) is 9.17. The fraction of sp³-hybridized carbons (Fsp3) is 0.600.